The Balaban J connectivity index is 1.69. The van der Waals surface area contributed by atoms with Crippen molar-refractivity contribution in [2.45, 2.75) is 33.2 Å². The number of amides is 3. The van der Waals surface area contributed by atoms with Gasteiger partial charge in [-0.3, -0.25) is 14.5 Å². The largest absolute Gasteiger partial charge is 0.450 e. The van der Waals surface area contributed by atoms with Crippen molar-refractivity contribution >= 4 is 23.6 Å². The second-order valence-electron chi connectivity index (χ2n) is 6.96. The van der Waals surface area contributed by atoms with E-state index in [-0.39, 0.29) is 30.4 Å². The molecule has 140 valence electrons. The molecule has 0 bridgehead atoms. The topological polar surface area (TPSA) is 71.4 Å². The summed E-state index contributed by atoms with van der Waals surface area (Å²) in [5.74, 6) is -0.284. The third-order valence-electron chi connectivity index (χ3n) is 5.16. The number of carbonyl (C=O) groups excluding carboxylic acids is 3. The Morgan fingerprint density at radius 2 is 1.92 bits per heavy atom. The normalized spacial score (nSPS) is 21.4. The summed E-state index contributed by atoms with van der Waals surface area (Å²) in [6.07, 6.45) is -0.0850. The fourth-order valence-electron chi connectivity index (χ4n) is 3.80. The van der Waals surface area contributed by atoms with E-state index >= 15 is 0 Å². The van der Waals surface area contributed by atoms with Gasteiger partial charge in [-0.15, -0.1) is 0 Å². The number of nitrogens with zero attached hydrogens (tertiary/aromatic N) is 2. The number of rotatable bonds is 3. The summed E-state index contributed by atoms with van der Waals surface area (Å²) in [5, 5.41) is 0. The van der Waals surface area contributed by atoms with Gasteiger partial charge in [0.2, 0.25) is 5.91 Å². The molecule has 3 amide bonds. The smallest absolute Gasteiger partial charge is 0.410 e. The Hall–Kier alpha value is -2.41. The fraction of sp³-hybridized carbons (Fsp3) is 0.526. The maximum absolute atomic E-state index is 12.9. The summed E-state index contributed by atoms with van der Waals surface area (Å²) in [5.41, 5.74) is 2.70. The molecule has 1 N–H and O–H groups in total. The summed E-state index contributed by atoms with van der Waals surface area (Å²) < 4.78 is 5.03. The lowest BCUT2D eigenvalue weighted by molar-refractivity contribution is -0.918. The number of ether oxygens (including phenoxy) is 1. The molecular weight excluding hydrogens is 334 g/mol. The monoisotopic (exact) mass is 360 g/mol. The van der Waals surface area contributed by atoms with Crippen molar-refractivity contribution in [2.24, 2.45) is 0 Å². The lowest BCUT2D eigenvalue weighted by Gasteiger charge is -2.33. The van der Waals surface area contributed by atoms with Gasteiger partial charge in [0, 0.05) is 0 Å². The number of benzene rings is 1. The third kappa shape index (κ3) is 3.44. The molecule has 0 saturated carbocycles. The van der Waals surface area contributed by atoms with Gasteiger partial charge in [0.25, 0.3) is 5.91 Å². The molecule has 26 heavy (non-hydrogen) atoms. The van der Waals surface area contributed by atoms with Gasteiger partial charge < -0.3 is 9.64 Å². The SMILES string of the molecule is CCOC(=O)N1CC[NH+]([C@H]2CC(=O)N(c3ccc(C)cc3C)C2=O)CC1. The Bertz CT molecular complexity index is 725. The lowest BCUT2D eigenvalue weighted by atomic mass is 10.1. The van der Waals surface area contributed by atoms with Crippen LogP contribution in [0.3, 0.4) is 0 Å². The maximum atomic E-state index is 12.9. The Morgan fingerprint density at radius 3 is 2.54 bits per heavy atom. The molecule has 2 heterocycles. The molecule has 1 aromatic carbocycles. The first kappa shape index (κ1) is 18.4. The number of hydrogen-bond donors (Lipinski definition) is 1. The summed E-state index contributed by atoms with van der Waals surface area (Å²) in [4.78, 5) is 41.4. The van der Waals surface area contributed by atoms with Gasteiger partial charge in [0.1, 0.15) is 0 Å². The van der Waals surface area contributed by atoms with Crippen LogP contribution < -0.4 is 9.80 Å². The second kappa shape index (κ2) is 7.45. The van der Waals surface area contributed by atoms with E-state index in [1.165, 1.54) is 4.90 Å². The summed E-state index contributed by atoms with van der Waals surface area (Å²) in [7, 11) is 0. The zero-order valence-corrected chi connectivity index (χ0v) is 15.6. The van der Waals surface area contributed by atoms with E-state index in [4.69, 9.17) is 4.74 Å². The number of quaternary nitrogens is 1. The maximum Gasteiger partial charge on any atom is 0.410 e. The zero-order valence-electron chi connectivity index (χ0n) is 15.6. The third-order valence-corrected chi connectivity index (χ3v) is 5.16. The zero-order chi connectivity index (χ0) is 18.8. The summed E-state index contributed by atoms with van der Waals surface area (Å²) in [6, 6.07) is 5.37. The molecule has 2 aliphatic heterocycles. The van der Waals surface area contributed by atoms with E-state index in [1.807, 2.05) is 32.0 Å². The fourth-order valence-corrected chi connectivity index (χ4v) is 3.80. The van der Waals surface area contributed by atoms with Crippen LogP contribution >= 0.6 is 0 Å². The number of piperazine rings is 1. The minimum atomic E-state index is -0.368. The van der Waals surface area contributed by atoms with Crippen LogP contribution in [0.2, 0.25) is 0 Å². The van der Waals surface area contributed by atoms with Crippen LogP contribution in [-0.2, 0) is 14.3 Å². The van der Waals surface area contributed by atoms with Crippen molar-refractivity contribution in [3.8, 4) is 0 Å². The van der Waals surface area contributed by atoms with Crippen LogP contribution in [0.15, 0.2) is 18.2 Å². The van der Waals surface area contributed by atoms with E-state index in [0.717, 1.165) is 16.0 Å². The van der Waals surface area contributed by atoms with Gasteiger partial charge in [-0.1, -0.05) is 17.7 Å². The molecule has 2 aliphatic rings. The Labute approximate surface area is 153 Å². The molecular formula is C19H26N3O4+. The molecule has 0 spiro atoms. The van der Waals surface area contributed by atoms with E-state index in [9.17, 15) is 14.4 Å². The standard InChI is InChI=1S/C19H25N3O4/c1-4-26-19(25)21-9-7-20(8-10-21)16-12-17(23)22(18(16)24)15-6-5-13(2)11-14(15)3/h5-6,11,16H,4,7-10,12H2,1-3H3/p+1/t16-/m0/s1. The van der Waals surface area contributed by atoms with Gasteiger partial charge >= 0.3 is 6.09 Å². The minimum Gasteiger partial charge on any atom is -0.450 e. The van der Waals surface area contributed by atoms with Crippen LogP contribution in [0.5, 0.6) is 0 Å². The average Bonchev–Trinajstić information content (AvgIpc) is 2.90. The van der Waals surface area contributed by atoms with Gasteiger partial charge in [0.15, 0.2) is 6.04 Å². The highest BCUT2D eigenvalue weighted by molar-refractivity contribution is 6.22. The molecule has 1 aromatic rings. The van der Waals surface area contributed by atoms with Crippen LogP contribution in [0.25, 0.3) is 0 Å². The van der Waals surface area contributed by atoms with Crippen molar-refractivity contribution in [3.63, 3.8) is 0 Å². The first-order valence-corrected chi connectivity index (χ1v) is 9.12. The number of imide groups is 1. The number of aryl methyl sites for hydroxylation is 2. The molecule has 0 unspecified atom stereocenters. The average molecular weight is 360 g/mol. The Morgan fingerprint density at radius 1 is 1.23 bits per heavy atom. The second-order valence-corrected chi connectivity index (χ2v) is 6.96. The van der Waals surface area contributed by atoms with E-state index in [0.29, 0.717) is 38.5 Å². The molecule has 2 saturated heterocycles. The van der Waals surface area contributed by atoms with Crippen molar-refractivity contribution in [2.75, 3.05) is 37.7 Å². The van der Waals surface area contributed by atoms with Gasteiger partial charge in [-0.25, -0.2) is 9.69 Å². The predicted octanol–water partition coefficient (Wildman–Crippen LogP) is 0.292. The van der Waals surface area contributed by atoms with Gasteiger partial charge in [0.05, 0.1) is 44.9 Å². The highest BCUT2D eigenvalue weighted by Crippen LogP contribution is 2.26. The molecule has 0 radical (unpaired) electrons. The van der Waals surface area contributed by atoms with Crippen molar-refractivity contribution in [1.82, 2.24) is 4.90 Å². The van der Waals surface area contributed by atoms with Crippen molar-refractivity contribution in [3.05, 3.63) is 29.3 Å². The predicted molar refractivity (Wildman–Crippen MR) is 96.1 cm³/mol. The van der Waals surface area contributed by atoms with Crippen molar-refractivity contribution in [1.29, 1.82) is 0 Å². The first-order valence-electron chi connectivity index (χ1n) is 9.12. The van der Waals surface area contributed by atoms with Crippen molar-refractivity contribution < 1.29 is 24.0 Å². The van der Waals surface area contributed by atoms with Gasteiger partial charge in [-0.05, 0) is 32.4 Å². The van der Waals surface area contributed by atoms with Crippen LogP contribution in [0.1, 0.15) is 24.5 Å². The van der Waals surface area contributed by atoms with Crippen LogP contribution in [-0.4, -0.2) is 61.6 Å². The molecule has 0 aromatic heterocycles. The first-order chi connectivity index (χ1) is 12.4. The summed E-state index contributed by atoms with van der Waals surface area (Å²) in [6.45, 7) is 8.40. The number of carbonyl (C=O) groups is 3. The number of nitrogens with one attached hydrogen (secondary N) is 1. The molecule has 0 aliphatic carbocycles. The highest BCUT2D eigenvalue weighted by Gasteiger charge is 2.47. The van der Waals surface area contributed by atoms with E-state index < -0.39 is 0 Å². The quantitative estimate of drug-likeness (QED) is 0.787. The highest BCUT2D eigenvalue weighted by atomic mass is 16.6. The Kier molecular flexibility index (Phi) is 5.27. The molecule has 2 fully saturated rings. The van der Waals surface area contributed by atoms with Gasteiger partial charge in [-0.2, -0.15) is 0 Å². The van der Waals surface area contributed by atoms with E-state index in [1.54, 1.807) is 11.8 Å². The minimum absolute atomic E-state index is 0.137. The molecule has 3 rings (SSSR count). The van der Waals surface area contributed by atoms with Crippen LogP contribution in [0.4, 0.5) is 10.5 Å². The van der Waals surface area contributed by atoms with Crippen LogP contribution in [0, 0.1) is 13.8 Å². The molecule has 1 atom stereocenters. The molecule has 7 nitrogen and oxygen atoms in total. The van der Waals surface area contributed by atoms with E-state index in [2.05, 4.69) is 0 Å². The number of hydrogen-bond acceptors (Lipinski definition) is 4. The molecule has 7 heteroatoms. The lowest BCUT2D eigenvalue weighted by Crippen LogP contribution is -3.19. The number of anilines is 1. The summed E-state index contributed by atoms with van der Waals surface area (Å²) >= 11 is 0.